The van der Waals surface area contributed by atoms with Gasteiger partial charge in [-0.1, -0.05) is 61.0 Å². The molecule has 0 radical (unpaired) electrons. The van der Waals surface area contributed by atoms with Crippen molar-refractivity contribution in [1.29, 1.82) is 0 Å². The molecule has 0 aliphatic carbocycles. The first kappa shape index (κ1) is 17.1. The van der Waals surface area contributed by atoms with Crippen molar-refractivity contribution in [1.82, 2.24) is 15.3 Å². The first-order chi connectivity index (χ1) is 12.2. The molecule has 126 valence electrons. The van der Waals surface area contributed by atoms with Crippen LogP contribution in [0.2, 0.25) is 5.02 Å². The van der Waals surface area contributed by atoms with Crippen LogP contribution >= 0.6 is 11.6 Å². The van der Waals surface area contributed by atoms with Gasteiger partial charge < -0.3 is 5.32 Å². The Morgan fingerprint density at radius 2 is 1.68 bits per heavy atom. The van der Waals surface area contributed by atoms with Crippen LogP contribution in [0.15, 0.2) is 67.0 Å². The normalized spacial score (nSPS) is 11.8. The van der Waals surface area contributed by atoms with E-state index in [4.69, 9.17) is 11.6 Å². The summed E-state index contributed by atoms with van der Waals surface area (Å²) >= 11 is 5.92. The summed E-state index contributed by atoms with van der Waals surface area (Å²) in [6, 6.07) is 17.1. The molecule has 1 aromatic heterocycles. The first-order valence-electron chi connectivity index (χ1n) is 8.11. The van der Waals surface area contributed by atoms with Crippen molar-refractivity contribution in [3.05, 3.63) is 83.1 Å². The van der Waals surface area contributed by atoms with Gasteiger partial charge in [-0.05, 0) is 24.1 Å². The number of nitrogens with one attached hydrogen (secondary N) is 1. The third-order valence-corrected chi connectivity index (χ3v) is 4.18. The summed E-state index contributed by atoms with van der Waals surface area (Å²) in [5.74, 6) is 0.406. The van der Waals surface area contributed by atoms with Crippen LogP contribution in [0.25, 0.3) is 11.4 Å². The van der Waals surface area contributed by atoms with E-state index in [0.29, 0.717) is 16.4 Å². The van der Waals surface area contributed by atoms with E-state index >= 15 is 0 Å². The third-order valence-electron chi connectivity index (χ3n) is 3.93. The Labute approximate surface area is 151 Å². The molecule has 1 unspecified atom stereocenters. The second-order valence-corrected chi connectivity index (χ2v) is 6.08. The molecule has 0 fully saturated rings. The van der Waals surface area contributed by atoms with E-state index in [1.165, 1.54) is 0 Å². The maximum absolute atomic E-state index is 12.5. The van der Waals surface area contributed by atoms with Crippen LogP contribution in [0.1, 0.15) is 35.3 Å². The minimum atomic E-state index is -0.193. The molecule has 3 rings (SSSR count). The van der Waals surface area contributed by atoms with Gasteiger partial charge in [-0.25, -0.2) is 9.97 Å². The van der Waals surface area contributed by atoms with Crippen molar-refractivity contribution in [2.45, 2.75) is 19.4 Å². The van der Waals surface area contributed by atoms with Crippen molar-refractivity contribution in [3.63, 3.8) is 0 Å². The number of rotatable bonds is 5. The van der Waals surface area contributed by atoms with Crippen molar-refractivity contribution < 1.29 is 4.79 Å². The summed E-state index contributed by atoms with van der Waals surface area (Å²) < 4.78 is 0. The van der Waals surface area contributed by atoms with Gasteiger partial charge in [0.05, 0.1) is 11.6 Å². The van der Waals surface area contributed by atoms with Gasteiger partial charge in [0.15, 0.2) is 5.82 Å². The van der Waals surface area contributed by atoms with Gasteiger partial charge in [0.25, 0.3) is 5.91 Å². The van der Waals surface area contributed by atoms with E-state index in [2.05, 4.69) is 15.3 Å². The van der Waals surface area contributed by atoms with E-state index in [0.717, 1.165) is 17.5 Å². The number of nitrogens with zero attached hydrogens (tertiary/aromatic N) is 2. The SMILES string of the molecule is CCC(NC(=O)c1cnc(-c2ccccc2)nc1)c1ccc(Cl)cc1. The van der Waals surface area contributed by atoms with Crippen molar-refractivity contribution in [2.24, 2.45) is 0 Å². The molecule has 4 nitrogen and oxygen atoms in total. The van der Waals surface area contributed by atoms with E-state index < -0.39 is 0 Å². The highest BCUT2D eigenvalue weighted by Gasteiger charge is 2.15. The number of benzene rings is 2. The van der Waals surface area contributed by atoms with Crippen LogP contribution in [0.3, 0.4) is 0 Å². The molecule has 1 N–H and O–H groups in total. The Kier molecular flexibility index (Phi) is 5.41. The summed E-state index contributed by atoms with van der Waals surface area (Å²) in [6.45, 7) is 2.02. The number of carbonyl (C=O) groups is 1. The smallest absolute Gasteiger partial charge is 0.254 e. The summed E-state index contributed by atoms with van der Waals surface area (Å²) in [7, 11) is 0. The quantitative estimate of drug-likeness (QED) is 0.726. The van der Waals surface area contributed by atoms with Crippen LogP contribution in [-0.2, 0) is 0 Å². The van der Waals surface area contributed by atoms with Crippen LogP contribution in [0.5, 0.6) is 0 Å². The lowest BCUT2D eigenvalue weighted by molar-refractivity contribution is 0.0935. The molecule has 0 saturated carbocycles. The number of hydrogen-bond donors (Lipinski definition) is 1. The van der Waals surface area contributed by atoms with Crippen LogP contribution in [-0.4, -0.2) is 15.9 Å². The molecule has 1 atom stereocenters. The number of hydrogen-bond acceptors (Lipinski definition) is 3. The van der Waals surface area contributed by atoms with Gasteiger partial charge >= 0.3 is 0 Å². The lowest BCUT2D eigenvalue weighted by atomic mass is 10.0. The van der Waals surface area contributed by atoms with Crippen LogP contribution < -0.4 is 5.32 Å². The average Bonchev–Trinajstić information content (AvgIpc) is 2.67. The molecular formula is C20H18ClN3O. The molecular weight excluding hydrogens is 334 g/mol. The van der Waals surface area contributed by atoms with Gasteiger partial charge in [0.1, 0.15) is 0 Å². The van der Waals surface area contributed by atoms with E-state index in [1.807, 2.05) is 61.5 Å². The second kappa shape index (κ2) is 7.90. The van der Waals surface area contributed by atoms with E-state index in [9.17, 15) is 4.79 Å². The largest absolute Gasteiger partial charge is 0.345 e. The van der Waals surface area contributed by atoms with E-state index in [1.54, 1.807) is 12.4 Å². The molecule has 0 spiro atoms. The predicted molar refractivity (Wildman–Crippen MR) is 99.4 cm³/mol. The van der Waals surface area contributed by atoms with Gasteiger partial charge in [0.2, 0.25) is 0 Å². The highest BCUT2D eigenvalue weighted by atomic mass is 35.5. The Morgan fingerprint density at radius 3 is 2.28 bits per heavy atom. The second-order valence-electron chi connectivity index (χ2n) is 5.65. The minimum Gasteiger partial charge on any atom is -0.345 e. The van der Waals surface area contributed by atoms with Crippen LogP contribution in [0, 0.1) is 0 Å². The van der Waals surface area contributed by atoms with Crippen molar-refractivity contribution >= 4 is 17.5 Å². The molecule has 3 aromatic rings. The molecule has 0 saturated heterocycles. The van der Waals surface area contributed by atoms with E-state index in [-0.39, 0.29) is 11.9 Å². The molecule has 2 aromatic carbocycles. The van der Waals surface area contributed by atoms with Gasteiger partial charge in [-0.2, -0.15) is 0 Å². The maximum Gasteiger partial charge on any atom is 0.254 e. The molecule has 1 amide bonds. The lowest BCUT2D eigenvalue weighted by Gasteiger charge is -2.17. The zero-order valence-electron chi connectivity index (χ0n) is 13.8. The minimum absolute atomic E-state index is 0.0847. The zero-order chi connectivity index (χ0) is 17.6. The third kappa shape index (κ3) is 4.22. The van der Waals surface area contributed by atoms with Gasteiger partial charge in [0, 0.05) is 23.0 Å². The summed E-state index contributed by atoms with van der Waals surface area (Å²) in [4.78, 5) is 21.1. The standard InChI is InChI=1S/C20H18ClN3O/c1-2-18(14-8-10-17(21)11-9-14)24-20(25)16-12-22-19(23-13-16)15-6-4-3-5-7-15/h3-13,18H,2H2,1H3,(H,24,25). The lowest BCUT2D eigenvalue weighted by Crippen LogP contribution is -2.28. The first-order valence-corrected chi connectivity index (χ1v) is 8.49. The molecule has 25 heavy (non-hydrogen) atoms. The fourth-order valence-electron chi connectivity index (χ4n) is 2.54. The Balaban J connectivity index is 1.73. The Hall–Kier alpha value is -2.72. The molecule has 0 aliphatic heterocycles. The highest BCUT2D eigenvalue weighted by Crippen LogP contribution is 2.20. The summed E-state index contributed by atoms with van der Waals surface area (Å²) in [5, 5.41) is 3.69. The topological polar surface area (TPSA) is 54.9 Å². The molecule has 5 heteroatoms. The number of carbonyl (C=O) groups excluding carboxylic acids is 1. The summed E-state index contributed by atoms with van der Waals surface area (Å²) in [5.41, 5.74) is 2.37. The fraction of sp³-hybridized carbons (Fsp3) is 0.150. The van der Waals surface area contributed by atoms with Gasteiger partial charge in [-0.15, -0.1) is 0 Å². The molecule has 1 heterocycles. The maximum atomic E-state index is 12.5. The number of aromatic nitrogens is 2. The van der Waals surface area contributed by atoms with Crippen molar-refractivity contribution in [3.8, 4) is 11.4 Å². The Bertz CT molecular complexity index is 833. The number of halogens is 1. The average molecular weight is 352 g/mol. The highest BCUT2D eigenvalue weighted by molar-refractivity contribution is 6.30. The zero-order valence-corrected chi connectivity index (χ0v) is 14.6. The number of amides is 1. The van der Waals surface area contributed by atoms with Crippen molar-refractivity contribution in [2.75, 3.05) is 0 Å². The molecule has 0 aliphatic rings. The van der Waals surface area contributed by atoms with Gasteiger partial charge in [-0.3, -0.25) is 4.79 Å². The monoisotopic (exact) mass is 351 g/mol. The molecule has 0 bridgehead atoms. The predicted octanol–water partition coefficient (Wildman–Crippen LogP) is 4.68. The fourth-order valence-corrected chi connectivity index (χ4v) is 2.67. The van der Waals surface area contributed by atoms with Crippen LogP contribution in [0.4, 0.5) is 0 Å². The summed E-state index contributed by atoms with van der Waals surface area (Å²) in [6.07, 6.45) is 3.88. The Morgan fingerprint density at radius 1 is 1.04 bits per heavy atom.